The molecule has 0 amide bonds. The van der Waals surface area contributed by atoms with Gasteiger partial charge in [0, 0.05) is 31.1 Å². The maximum atomic E-state index is 8.72. The highest BCUT2D eigenvalue weighted by molar-refractivity contribution is 5.37. The van der Waals surface area contributed by atoms with Crippen molar-refractivity contribution in [3.8, 4) is 17.9 Å². The lowest BCUT2D eigenvalue weighted by Crippen LogP contribution is -2.26. The Balaban J connectivity index is 2.02. The van der Waals surface area contributed by atoms with Crippen molar-refractivity contribution in [2.75, 3.05) is 13.1 Å². The minimum Gasteiger partial charge on any atom is -0.320 e. The molecule has 98 valence electrons. The van der Waals surface area contributed by atoms with Gasteiger partial charge in [-0.05, 0) is 30.5 Å². The van der Waals surface area contributed by atoms with Crippen LogP contribution < -0.4 is 5.73 Å². The molecule has 0 heterocycles. The second-order valence-electron chi connectivity index (χ2n) is 4.82. The molecule has 0 unspecified atom stereocenters. The summed E-state index contributed by atoms with van der Waals surface area (Å²) in [6.07, 6.45) is 3.12. The van der Waals surface area contributed by atoms with Crippen LogP contribution in [0, 0.1) is 23.2 Å². The molecular weight excluding hydrogens is 234 g/mol. The first-order chi connectivity index (χ1) is 9.33. The summed E-state index contributed by atoms with van der Waals surface area (Å²) in [5.41, 5.74) is 7.66. The summed E-state index contributed by atoms with van der Waals surface area (Å²) < 4.78 is 0. The van der Waals surface area contributed by atoms with Crippen molar-refractivity contribution in [1.82, 2.24) is 4.90 Å². The number of nitrogens with two attached hydrogens (primary N) is 1. The number of nitriles is 1. The average molecular weight is 253 g/mol. The van der Waals surface area contributed by atoms with Gasteiger partial charge in [-0.1, -0.05) is 24.0 Å². The molecule has 0 bridgehead atoms. The smallest absolute Gasteiger partial charge is 0.0635 e. The molecular formula is C16H19N3. The highest BCUT2D eigenvalue weighted by Crippen LogP contribution is 2.28. The van der Waals surface area contributed by atoms with Crippen LogP contribution in [0.1, 0.15) is 30.4 Å². The van der Waals surface area contributed by atoms with E-state index in [1.807, 2.05) is 12.1 Å². The van der Waals surface area contributed by atoms with Gasteiger partial charge in [-0.15, -0.1) is 0 Å². The molecule has 1 aliphatic carbocycles. The van der Waals surface area contributed by atoms with E-state index in [4.69, 9.17) is 11.0 Å². The molecule has 1 aromatic rings. The monoisotopic (exact) mass is 253 g/mol. The molecule has 1 fully saturated rings. The summed E-state index contributed by atoms with van der Waals surface area (Å²) in [6.45, 7) is 2.16. The van der Waals surface area contributed by atoms with E-state index in [2.05, 4.69) is 34.9 Å². The zero-order valence-corrected chi connectivity index (χ0v) is 11.1. The average Bonchev–Trinajstić information content (AvgIpc) is 3.26. The standard InChI is InChI=1S/C16H19N3/c17-9-2-6-14-4-1-5-15(12-14)13-19(11-3-10-18)16-7-8-16/h1,4-5,12,16H,3,7-9,11,13,17H2. The lowest BCUT2D eigenvalue weighted by molar-refractivity contribution is 0.261. The Morgan fingerprint density at radius 2 is 2.21 bits per heavy atom. The molecule has 3 heteroatoms. The Kier molecular flexibility index (Phi) is 4.98. The third-order valence-electron chi connectivity index (χ3n) is 3.22. The molecule has 0 saturated heterocycles. The molecule has 1 saturated carbocycles. The van der Waals surface area contributed by atoms with Gasteiger partial charge in [-0.2, -0.15) is 5.26 Å². The van der Waals surface area contributed by atoms with E-state index >= 15 is 0 Å². The number of hydrogen-bond donors (Lipinski definition) is 1. The van der Waals surface area contributed by atoms with Crippen LogP contribution in [-0.2, 0) is 6.54 Å². The van der Waals surface area contributed by atoms with Crippen molar-refractivity contribution in [2.24, 2.45) is 5.73 Å². The number of nitrogens with zero attached hydrogens (tertiary/aromatic N) is 2. The van der Waals surface area contributed by atoms with E-state index in [0.717, 1.165) is 18.7 Å². The molecule has 0 atom stereocenters. The summed E-state index contributed by atoms with van der Waals surface area (Å²) in [4.78, 5) is 2.40. The van der Waals surface area contributed by atoms with Gasteiger partial charge >= 0.3 is 0 Å². The van der Waals surface area contributed by atoms with E-state index in [1.165, 1.54) is 18.4 Å². The predicted molar refractivity (Wildman–Crippen MR) is 76.0 cm³/mol. The molecule has 3 nitrogen and oxygen atoms in total. The summed E-state index contributed by atoms with van der Waals surface area (Å²) in [5, 5.41) is 8.72. The fourth-order valence-electron chi connectivity index (χ4n) is 2.16. The van der Waals surface area contributed by atoms with Gasteiger partial charge in [-0.3, -0.25) is 4.90 Å². The van der Waals surface area contributed by atoms with Crippen LogP contribution in [0.4, 0.5) is 0 Å². The summed E-state index contributed by atoms with van der Waals surface area (Å²) in [7, 11) is 0. The Morgan fingerprint density at radius 3 is 2.89 bits per heavy atom. The molecule has 19 heavy (non-hydrogen) atoms. The predicted octanol–water partition coefficient (Wildman–Crippen LogP) is 1.87. The second kappa shape index (κ2) is 6.95. The fourth-order valence-corrected chi connectivity index (χ4v) is 2.16. The van der Waals surface area contributed by atoms with E-state index in [9.17, 15) is 0 Å². The molecule has 0 aliphatic heterocycles. The minimum absolute atomic E-state index is 0.389. The highest BCUT2D eigenvalue weighted by atomic mass is 15.2. The van der Waals surface area contributed by atoms with Crippen LogP contribution in [0.5, 0.6) is 0 Å². The normalized spacial score (nSPS) is 13.7. The van der Waals surface area contributed by atoms with Crippen LogP contribution in [0.3, 0.4) is 0 Å². The number of hydrogen-bond acceptors (Lipinski definition) is 3. The van der Waals surface area contributed by atoms with Crippen molar-refractivity contribution < 1.29 is 0 Å². The zero-order valence-electron chi connectivity index (χ0n) is 11.1. The van der Waals surface area contributed by atoms with Gasteiger partial charge in [0.05, 0.1) is 12.6 Å². The van der Waals surface area contributed by atoms with Gasteiger partial charge in [0.2, 0.25) is 0 Å². The van der Waals surface area contributed by atoms with E-state index in [0.29, 0.717) is 19.0 Å². The zero-order chi connectivity index (χ0) is 13.5. The molecule has 1 aliphatic rings. The lowest BCUT2D eigenvalue weighted by Gasteiger charge is -2.20. The molecule has 1 aromatic carbocycles. The molecule has 0 aromatic heterocycles. The minimum atomic E-state index is 0.389. The van der Waals surface area contributed by atoms with Gasteiger partial charge in [0.15, 0.2) is 0 Å². The Bertz CT molecular complexity index is 515. The topological polar surface area (TPSA) is 53.0 Å². The van der Waals surface area contributed by atoms with Crippen LogP contribution in [-0.4, -0.2) is 24.0 Å². The molecule has 0 spiro atoms. The van der Waals surface area contributed by atoms with E-state index in [-0.39, 0.29) is 0 Å². The first kappa shape index (κ1) is 13.6. The van der Waals surface area contributed by atoms with Crippen LogP contribution in [0.15, 0.2) is 24.3 Å². The molecule has 2 rings (SSSR count). The molecule has 2 N–H and O–H groups in total. The largest absolute Gasteiger partial charge is 0.320 e. The number of benzene rings is 1. The Labute approximate surface area is 115 Å². The van der Waals surface area contributed by atoms with Gasteiger partial charge < -0.3 is 5.73 Å². The van der Waals surface area contributed by atoms with Crippen molar-refractivity contribution in [3.63, 3.8) is 0 Å². The third kappa shape index (κ3) is 4.41. The summed E-state index contributed by atoms with van der Waals surface area (Å²) >= 11 is 0. The van der Waals surface area contributed by atoms with Crippen LogP contribution in [0.25, 0.3) is 0 Å². The summed E-state index contributed by atoms with van der Waals surface area (Å²) in [5.74, 6) is 5.94. The van der Waals surface area contributed by atoms with Crippen molar-refractivity contribution in [1.29, 1.82) is 5.26 Å². The Morgan fingerprint density at radius 1 is 1.37 bits per heavy atom. The maximum Gasteiger partial charge on any atom is 0.0635 e. The highest BCUT2D eigenvalue weighted by Gasteiger charge is 2.28. The quantitative estimate of drug-likeness (QED) is 0.815. The first-order valence-electron chi connectivity index (χ1n) is 6.72. The lowest BCUT2D eigenvalue weighted by atomic mass is 10.1. The van der Waals surface area contributed by atoms with Gasteiger partial charge in [-0.25, -0.2) is 0 Å². The van der Waals surface area contributed by atoms with E-state index < -0.39 is 0 Å². The van der Waals surface area contributed by atoms with Crippen molar-refractivity contribution in [2.45, 2.75) is 31.8 Å². The van der Waals surface area contributed by atoms with Gasteiger partial charge in [0.1, 0.15) is 0 Å². The van der Waals surface area contributed by atoms with Crippen molar-refractivity contribution in [3.05, 3.63) is 35.4 Å². The van der Waals surface area contributed by atoms with E-state index in [1.54, 1.807) is 0 Å². The SMILES string of the molecule is N#CCCN(Cc1cccc(C#CCN)c1)C1CC1. The first-order valence-corrected chi connectivity index (χ1v) is 6.72. The van der Waals surface area contributed by atoms with Crippen LogP contribution >= 0.6 is 0 Å². The summed E-state index contributed by atoms with van der Waals surface area (Å²) in [6, 6.07) is 11.2. The Hall–Kier alpha value is -1.81. The third-order valence-corrected chi connectivity index (χ3v) is 3.22. The fraction of sp³-hybridized carbons (Fsp3) is 0.438. The van der Waals surface area contributed by atoms with Crippen molar-refractivity contribution >= 4 is 0 Å². The second-order valence-corrected chi connectivity index (χ2v) is 4.82. The van der Waals surface area contributed by atoms with Gasteiger partial charge in [0.25, 0.3) is 0 Å². The maximum absolute atomic E-state index is 8.72. The molecule has 0 radical (unpaired) electrons. The van der Waals surface area contributed by atoms with Crippen LogP contribution in [0.2, 0.25) is 0 Å². The number of rotatable bonds is 5.